The molecule has 0 aliphatic carbocycles. The van der Waals surface area contributed by atoms with E-state index in [9.17, 15) is 14.3 Å². The molecule has 0 aliphatic rings. The quantitative estimate of drug-likeness (QED) is 0.871. The molecule has 0 fully saturated rings. The van der Waals surface area contributed by atoms with Crippen LogP contribution < -0.4 is 4.74 Å². The van der Waals surface area contributed by atoms with Crippen LogP contribution in [0.5, 0.6) is 5.75 Å². The van der Waals surface area contributed by atoms with Crippen molar-refractivity contribution >= 4 is 5.91 Å². The molecule has 0 spiro atoms. The van der Waals surface area contributed by atoms with Gasteiger partial charge in [0.25, 0.3) is 5.91 Å². The Hall–Kier alpha value is -1.62. The molecule has 5 heteroatoms. The second-order valence-electron chi connectivity index (χ2n) is 5.43. The van der Waals surface area contributed by atoms with Crippen molar-refractivity contribution in [2.75, 3.05) is 13.6 Å². The number of rotatable bonds is 6. The topological polar surface area (TPSA) is 49.8 Å². The number of amides is 1. The minimum absolute atomic E-state index is 0.192. The fraction of sp³-hybridized carbons (Fsp3) is 0.533. The predicted molar refractivity (Wildman–Crippen MR) is 75.0 cm³/mol. The summed E-state index contributed by atoms with van der Waals surface area (Å²) in [5.41, 5.74) is -1.05. The van der Waals surface area contributed by atoms with Gasteiger partial charge < -0.3 is 14.7 Å². The van der Waals surface area contributed by atoms with E-state index in [4.69, 9.17) is 4.74 Å². The fourth-order valence-electron chi connectivity index (χ4n) is 1.78. The van der Waals surface area contributed by atoms with Crippen LogP contribution in [0.25, 0.3) is 0 Å². The van der Waals surface area contributed by atoms with Crippen molar-refractivity contribution < 1.29 is 19.0 Å². The number of carbonyl (C=O) groups excluding carboxylic acids is 1. The van der Waals surface area contributed by atoms with Crippen molar-refractivity contribution in [2.24, 2.45) is 0 Å². The highest BCUT2D eigenvalue weighted by molar-refractivity contribution is 5.84. The fourth-order valence-corrected chi connectivity index (χ4v) is 1.78. The normalized spacial score (nSPS) is 12.9. The summed E-state index contributed by atoms with van der Waals surface area (Å²) in [5.74, 6) is -0.105. The Morgan fingerprint density at radius 3 is 2.45 bits per heavy atom. The number of hydrogen-bond donors (Lipinski definition) is 1. The maximum atomic E-state index is 12.8. The van der Waals surface area contributed by atoms with E-state index in [-0.39, 0.29) is 11.7 Å². The third-order valence-electron chi connectivity index (χ3n) is 2.93. The average Bonchev–Trinajstić information content (AvgIpc) is 2.37. The summed E-state index contributed by atoms with van der Waals surface area (Å²) in [6, 6.07) is 5.54. The number of aliphatic hydroxyl groups excluding tert-OH is 1. The first-order valence-corrected chi connectivity index (χ1v) is 6.60. The minimum atomic E-state index is -1.05. The number of halogens is 1. The monoisotopic (exact) mass is 283 g/mol. The second kappa shape index (κ2) is 6.70. The van der Waals surface area contributed by atoms with Gasteiger partial charge in [-0.15, -0.1) is 0 Å². The number of carbonyl (C=O) groups is 1. The number of benzene rings is 1. The zero-order valence-electron chi connectivity index (χ0n) is 12.4. The highest BCUT2D eigenvalue weighted by Crippen LogP contribution is 2.20. The summed E-state index contributed by atoms with van der Waals surface area (Å²) in [4.78, 5) is 13.8. The summed E-state index contributed by atoms with van der Waals surface area (Å²) in [5, 5.41) is 9.24. The molecule has 1 unspecified atom stereocenters. The minimum Gasteiger partial charge on any atom is -0.478 e. The van der Waals surface area contributed by atoms with Gasteiger partial charge in [0.2, 0.25) is 0 Å². The molecule has 1 aromatic carbocycles. The molecule has 0 saturated carbocycles. The highest BCUT2D eigenvalue weighted by atomic mass is 19.1. The van der Waals surface area contributed by atoms with Gasteiger partial charge in [-0.2, -0.15) is 0 Å². The molecule has 1 rings (SSSR count). The van der Waals surface area contributed by atoms with Gasteiger partial charge in [0.1, 0.15) is 11.6 Å². The van der Waals surface area contributed by atoms with Crippen molar-refractivity contribution in [3.8, 4) is 5.75 Å². The Morgan fingerprint density at radius 1 is 1.40 bits per heavy atom. The first kappa shape index (κ1) is 16.4. The molecule has 0 heterocycles. The van der Waals surface area contributed by atoms with E-state index in [0.717, 1.165) is 0 Å². The first-order chi connectivity index (χ1) is 9.22. The van der Waals surface area contributed by atoms with Crippen LogP contribution in [0.2, 0.25) is 0 Å². The lowest BCUT2D eigenvalue weighted by Crippen LogP contribution is -2.47. The van der Waals surface area contributed by atoms with E-state index in [0.29, 0.717) is 18.7 Å². The van der Waals surface area contributed by atoms with Gasteiger partial charge in [0.05, 0.1) is 6.10 Å². The third kappa shape index (κ3) is 4.81. The van der Waals surface area contributed by atoms with E-state index >= 15 is 0 Å². The summed E-state index contributed by atoms with van der Waals surface area (Å²) < 4.78 is 18.5. The molecule has 1 atom stereocenters. The van der Waals surface area contributed by atoms with E-state index in [1.165, 1.54) is 29.2 Å². The number of nitrogens with zero attached hydrogens (tertiary/aromatic N) is 1. The number of hydrogen-bond acceptors (Lipinski definition) is 3. The molecule has 0 aliphatic heterocycles. The third-order valence-corrected chi connectivity index (χ3v) is 2.93. The standard InChI is InChI=1S/C15H22FNO3/c1-11(18)9-10-17(4)14(19)15(2,3)20-13-7-5-12(16)6-8-13/h5-8,11,18H,9-10H2,1-4H3. The molecule has 0 bridgehead atoms. The van der Waals surface area contributed by atoms with Crippen molar-refractivity contribution in [1.82, 2.24) is 4.90 Å². The van der Waals surface area contributed by atoms with E-state index < -0.39 is 11.7 Å². The summed E-state index contributed by atoms with van der Waals surface area (Å²) in [6.45, 7) is 5.46. The van der Waals surface area contributed by atoms with Gasteiger partial charge in [-0.05, 0) is 51.5 Å². The van der Waals surface area contributed by atoms with E-state index in [2.05, 4.69) is 0 Å². The number of aliphatic hydroxyl groups is 1. The van der Waals surface area contributed by atoms with Crippen LogP contribution in [-0.2, 0) is 4.79 Å². The molecule has 112 valence electrons. The Kier molecular flexibility index (Phi) is 5.51. The van der Waals surface area contributed by atoms with Gasteiger partial charge in [0, 0.05) is 13.6 Å². The average molecular weight is 283 g/mol. The zero-order valence-corrected chi connectivity index (χ0v) is 12.4. The van der Waals surface area contributed by atoms with Crippen molar-refractivity contribution in [3.63, 3.8) is 0 Å². The van der Waals surface area contributed by atoms with Crippen LogP contribution in [0.4, 0.5) is 4.39 Å². The summed E-state index contributed by atoms with van der Waals surface area (Å²) in [6.07, 6.45) is 0.0564. The Morgan fingerprint density at radius 2 is 1.95 bits per heavy atom. The van der Waals surface area contributed by atoms with Gasteiger partial charge >= 0.3 is 0 Å². The predicted octanol–water partition coefficient (Wildman–Crippen LogP) is 2.21. The summed E-state index contributed by atoms with van der Waals surface area (Å²) in [7, 11) is 1.67. The number of likely N-dealkylation sites (N-methyl/N-ethyl adjacent to an activating group) is 1. The zero-order chi connectivity index (χ0) is 15.3. The Labute approximate surface area is 119 Å². The summed E-state index contributed by atoms with van der Waals surface area (Å²) >= 11 is 0. The Bertz CT molecular complexity index is 443. The molecule has 0 radical (unpaired) electrons. The van der Waals surface area contributed by atoms with Crippen molar-refractivity contribution in [2.45, 2.75) is 38.9 Å². The lowest BCUT2D eigenvalue weighted by molar-refractivity contribution is -0.144. The van der Waals surface area contributed by atoms with E-state index in [1.54, 1.807) is 27.8 Å². The molecular weight excluding hydrogens is 261 g/mol. The van der Waals surface area contributed by atoms with Gasteiger partial charge in [-0.25, -0.2) is 4.39 Å². The maximum absolute atomic E-state index is 12.8. The molecule has 0 aromatic heterocycles. The second-order valence-corrected chi connectivity index (χ2v) is 5.43. The van der Waals surface area contributed by atoms with Crippen LogP contribution in [0, 0.1) is 5.82 Å². The van der Waals surface area contributed by atoms with Crippen LogP contribution in [0.3, 0.4) is 0 Å². The first-order valence-electron chi connectivity index (χ1n) is 6.60. The van der Waals surface area contributed by atoms with Crippen LogP contribution in [-0.4, -0.2) is 41.2 Å². The molecule has 4 nitrogen and oxygen atoms in total. The largest absolute Gasteiger partial charge is 0.478 e. The van der Waals surface area contributed by atoms with Crippen molar-refractivity contribution in [1.29, 1.82) is 0 Å². The van der Waals surface area contributed by atoms with Gasteiger partial charge in [-0.1, -0.05) is 0 Å². The van der Waals surface area contributed by atoms with E-state index in [1.807, 2.05) is 0 Å². The lowest BCUT2D eigenvalue weighted by Gasteiger charge is -2.30. The maximum Gasteiger partial charge on any atom is 0.265 e. The molecule has 20 heavy (non-hydrogen) atoms. The molecule has 1 amide bonds. The van der Waals surface area contributed by atoms with Crippen LogP contribution >= 0.6 is 0 Å². The Balaban J connectivity index is 2.66. The number of ether oxygens (including phenoxy) is 1. The highest BCUT2D eigenvalue weighted by Gasteiger charge is 2.32. The lowest BCUT2D eigenvalue weighted by atomic mass is 10.1. The smallest absolute Gasteiger partial charge is 0.265 e. The van der Waals surface area contributed by atoms with Crippen LogP contribution in [0.15, 0.2) is 24.3 Å². The van der Waals surface area contributed by atoms with Gasteiger partial charge in [-0.3, -0.25) is 4.79 Å². The SMILES string of the molecule is CC(O)CCN(C)C(=O)C(C)(C)Oc1ccc(F)cc1. The molecular formula is C15H22FNO3. The van der Waals surface area contributed by atoms with Crippen LogP contribution in [0.1, 0.15) is 27.2 Å². The molecule has 1 N–H and O–H groups in total. The van der Waals surface area contributed by atoms with Gasteiger partial charge in [0.15, 0.2) is 5.60 Å². The molecule has 1 aromatic rings. The molecule has 0 saturated heterocycles. The van der Waals surface area contributed by atoms with Crippen molar-refractivity contribution in [3.05, 3.63) is 30.1 Å².